The summed E-state index contributed by atoms with van der Waals surface area (Å²) in [5.74, 6) is -0.220. The zero-order valence-corrected chi connectivity index (χ0v) is 11.8. The maximum atomic E-state index is 14.4. The van der Waals surface area contributed by atoms with Crippen LogP contribution < -0.4 is 4.90 Å². The topological polar surface area (TPSA) is 3.24 Å². The van der Waals surface area contributed by atoms with Crippen LogP contribution in [0.15, 0.2) is 78.9 Å². The summed E-state index contributed by atoms with van der Waals surface area (Å²) in [6.07, 6.45) is 0. The standard InChI is InChI=1S/C19H16FN/c1-15-12-13-19(18(20)14-15)21(16-8-4-2-5-9-16)17-10-6-3-7-11-17/h2-14H,1H3. The average Bonchev–Trinajstić information content (AvgIpc) is 2.52. The Morgan fingerprint density at radius 3 is 1.71 bits per heavy atom. The summed E-state index contributed by atoms with van der Waals surface area (Å²) in [4.78, 5) is 1.93. The maximum absolute atomic E-state index is 14.4. The van der Waals surface area contributed by atoms with Gasteiger partial charge in [-0.1, -0.05) is 42.5 Å². The molecule has 0 amide bonds. The van der Waals surface area contributed by atoms with Crippen LogP contribution in [-0.2, 0) is 0 Å². The van der Waals surface area contributed by atoms with Gasteiger partial charge in [-0.3, -0.25) is 0 Å². The molecule has 0 saturated heterocycles. The Labute approximate surface area is 124 Å². The molecule has 104 valence electrons. The van der Waals surface area contributed by atoms with Gasteiger partial charge in [0.2, 0.25) is 0 Å². The molecule has 2 heteroatoms. The number of para-hydroxylation sites is 2. The minimum atomic E-state index is -0.220. The van der Waals surface area contributed by atoms with Crippen LogP contribution in [0, 0.1) is 12.7 Å². The Balaban J connectivity index is 2.17. The van der Waals surface area contributed by atoms with Crippen molar-refractivity contribution in [1.29, 1.82) is 0 Å². The van der Waals surface area contributed by atoms with E-state index in [1.54, 1.807) is 6.07 Å². The van der Waals surface area contributed by atoms with Crippen LogP contribution in [0.4, 0.5) is 21.5 Å². The van der Waals surface area contributed by atoms with Gasteiger partial charge in [0, 0.05) is 11.4 Å². The first-order valence-electron chi connectivity index (χ1n) is 6.92. The monoisotopic (exact) mass is 277 g/mol. The van der Waals surface area contributed by atoms with Crippen molar-refractivity contribution in [1.82, 2.24) is 0 Å². The molecule has 0 heterocycles. The highest BCUT2D eigenvalue weighted by Crippen LogP contribution is 2.35. The third-order valence-electron chi connectivity index (χ3n) is 3.37. The van der Waals surface area contributed by atoms with Crippen molar-refractivity contribution in [3.63, 3.8) is 0 Å². The van der Waals surface area contributed by atoms with Gasteiger partial charge in [-0.15, -0.1) is 0 Å². The molecule has 0 bridgehead atoms. The summed E-state index contributed by atoms with van der Waals surface area (Å²) in [5.41, 5.74) is 3.34. The fourth-order valence-corrected chi connectivity index (χ4v) is 2.37. The number of aryl methyl sites for hydroxylation is 1. The van der Waals surface area contributed by atoms with E-state index in [0.717, 1.165) is 16.9 Å². The smallest absolute Gasteiger partial charge is 0.147 e. The van der Waals surface area contributed by atoms with Gasteiger partial charge in [-0.2, -0.15) is 0 Å². The van der Waals surface area contributed by atoms with Crippen molar-refractivity contribution in [3.8, 4) is 0 Å². The van der Waals surface area contributed by atoms with Crippen LogP contribution in [-0.4, -0.2) is 0 Å². The second-order valence-electron chi connectivity index (χ2n) is 4.96. The summed E-state index contributed by atoms with van der Waals surface area (Å²) < 4.78 is 14.4. The van der Waals surface area contributed by atoms with Crippen LogP contribution in [0.3, 0.4) is 0 Å². The van der Waals surface area contributed by atoms with E-state index in [2.05, 4.69) is 0 Å². The Bertz CT molecular complexity index is 684. The lowest BCUT2D eigenvalue weighted by Crippen LogP contribution is -2.11. The molecular weight excluding hydrogens is 261 g/mol. The number of halogens is 1. The maximum Gasteiger partial charge on any atom is 0.147 e. The molecule has 0 aliphatic heterocycles. The van der Waals surface area contributed by atoms with Crippen LogP contribution in [0.25, 0.3) is 0 Å². The van der Waals surface area contributed by atoms with Gasteiger partial charge in [0.25, 0.3) is 0 Å². The molecule has 0 spiro atoms. The highest BCUT2D eigenvalue weighted by atomic mass is 19.1. The molecular formula is C19H16FN. The van der Waals surface area contributed by atoms with Gasteiger partial charge < -0.3 is 4.90 Å². The van der Waals surface area contributed by atoms with E-state index in [1.807, 2.05) is 84.6 Å². The van der Waals surface area contributed by atoms with Crippen molar-refractivity contribution >= 4 is 17.1 Å². The van der Waals surface area contributed by atoms with Gasteiger partial charge >= 0.3 is 0 Å². The van der Waals surface area contributed by atoms with Gasteiger partial charge in [0.15, 0.2) is 0 Å². The zero-order valence-electron chi connectivity index (χ0n) is 11.8. The van der Waals surface area contributed by atoms with Crippen LogP contribution in [0.5, 0.6) is 0 Å². The fourth-order valence-electron chi connectivity index (χ4n) is 2.37. The molecule has 0 aliphatic carbocycles. The second-order valence-corrected chi connectivity index (χ2v) is 4.96. The summed E-state index contributed by atoms with van der Waals surface area (Å²) >= 11 is 0. The minimum Gasteiger partial charge on any atom is -0.308 e. The Kier molecular flexibility index (Phi) is 3.69. The fraction of sp³-hybridized carbons (Fsp3) is 0.0526. The molecule has 21 heavy (non-hydrogen) atoms. The van der Waals surface area contributed by atoms with E-state index in [4.69, 9.17) is 0 Å². The summed E-state index contributed by atoms with van der Waals surface area (Å²) in [6, 6.07) is 25.0. The first-order chi connectivity index (χ1) is 10.3. The van der Waals surface area contributed by atoms with E-state index in [-0.39, 0.29) is 5.82 Å². The summed E-state index contributed by atoms with van der Waals surface area (Å²) in [6.45, 7) is 1.89. The molecule has 0 unspecified atom stereocenters. The predicted molar refractivity (Wildman–Crippen MR) is 85.8 cm³/mol. The van der Waals surface area contributed by atoms with Crippen molar-refractivity contribution in [3.05, 3.63) is 90.2 Å². The van der Waals surface area contributed by atoms with Gasteiger partial charge in [-0.05, 0) is 48.9 Å². The number of benzene rings is 3. The first kappa shape index (κ1) is 13.4. The van der Waals surface area contributed by atoms with Crippen LogP contribution >= 0.6 is 0 Å². The highest BCUT2D eigenvalue weighted by Gasteiger charge is 2.15. The Morgan fingerprint density at radius 1 is 0.714 bits per heavy atom. The highest BCUT2D eigenvalue weighted by molar-refractivity contribution is 5.76. The first-order valence-corrected chi connectivity index (χ1v) is 6.92. The van der Waals surface area contributed by atoms with Crippen molar-refractivity contribution in [2.45, 2.75) is 6.92 Å². The molecule has 0 fully saturated rings. The van der Waals surface area contributed by atoms with E-state index in [0.29, 0.717) is 5.69 Å². The third-order valence-corrected chi connectivity index (χ3v) is 3.37. The van der Waals surface area contributed by atoms with Crippen molar-refractivity contribution in [2.24, 2.45) is 0 Å². The van der Waals surface area contributed by atoms with Crippen molar-refractivity contribution < 1.29 is 4.39 Å². The molecule has 3 rings (SSSR count). The molecule has 1 nitrogen and oxygen atoms in total. The number of anilines is 3. The predicted octanol–water partition coefficient (Wildman–Crippen LogP) is 5.60. The number of hydrogen-bond donors (Lipinski definition) is 0. The third kappa shape index (κ3) is 2.79. The molecule has 0 N–H and O–H groups in total. The quantitative estimate of drug-likeness (QED) is 0.602. The largest absolute Gasteiger partial charge is 0.308 e. The Morgan fingerprint density at radius 2 is 1.24 bits per heavy atom. The van der Waals surface area contributed by atoms with Crippen molar-refractivity contribution in [2.75, 3.05) is 4.90 Å². The van der Waals surface area contributed by atoms with Crippen LogP contribution in [0.2, 0.25) is 0 Å². The summed E-state index contributed by atoms with van der Waals surface area (Å²) in [5, 5.41) is 0. The molecule has 0 radical (unpaired) electrons. The van der Waals surface area contributed by atoms with E-state index in [9.17, 15) is 4.39 Å². The van der Waals surface area contributed by atoms with E-state index in [1.165, 1.54) is 0 Å². The molecule has 0 saturated carbocycles. The van der Waals surface area contributed by atoms with Gasteiger partial charge in [-0.25, -0.2) is 4.39 Å². The normalized spacial score (nSPS) is 10.4. The lowest BCUT2D eigenvalue weighted by Gasteiger charge is -2.25. The Hall–Kier alpha value is -2.61. The van der Waals surface area contributed by atoms with E-state index >= 15 is 0 Å². The lowest BCUT2D eigenvalue weighted by molar-refractivity contribution is 0.627. The van der Waals surface area contributed by atoms with Gasteiger partial charge in [0.1, 0.15) is 5.82 Å². The average molecular weight is 277 g/mol. The second kappa shape index (κ2) is 5.80. The molecule has 0 atom stereocenters. The van der Waals surface area contributed by atoms with Gasteiger partial charge in [0.05, 0.1) is 5.69 Å². The zero-order chi connectivity index (χ0) is 14.7. The minimum absolute atomic E-state index is 0.220. The summed E-state index contributed by atoms with van der Waals surface area (Å²) in [7, 11) is 0. The number of rotatable bonds is 3. The lowest BCUT2D eigenvalue weighted by atomic mass is 10.1. The van der Waals surface area contributed by atoms with Crippen LogP contribution in [0.1, 0.15) is 5.56 Å². The number of hydrogen-bond acceptors (Lipinski definition) is 1. The number of nitrogens with zero attached hydrogens (tertiary/aromatic N) is 1. The molecule has 3 aromatic carbocycles. The van der Waals surface area contributed by atoms with E-state index < -0.39 is 0 Å². The molecule has 3 aromatic rings. The molecule has 0 aliphatic rings. The SMILES string of the molecule is Cc1ccc(N(c2ccccc2)c2ccccc2)c(F)c1. The molecule has 0 aromatic heterocycles.